The average Bonchev–Trinajstić information content (AvgIpc) is 3.03. The van der Waals surface area contributed by atoms with Crippen LogP contribution in [0.25, 0.3) is 33.8 Å². The molecule has 0 atom stereocenters. The number of hydrogen-bond donors (Lipinski definition) is 0. The van der Waals surface area contributed by atoms with Crippen molar-refractivity contribution in [2.75, 3.05) is 0 Å². The smallest absolute Gasteiger partial charge is 0.305 e. The van der Waals surface area contributed by atoms with Crippen molar-refractivity contribution in [3.63, 3.8) is 0 Å². The second-order valence-corrected chi connectivity index (χ2v) is 14.9. The molecule has 204 valence electrons. The third kappa shape index (κ3) is 9.84. The Morgan fingerprint density at radius 3 is 1.29 bits per heavy atom. The fraction of sp³-hybridized carbons (Fsp3) is 0.0833. The predicted molar refractivity (Wildman–Crippen MR) is 169 cm³/mol. The van der Waals surface area contributed by atoms with Crippen LogP contribution in [0, 0.1) is 18.2 Å². The number of benzene rings is 3. The largest absolute Gasteiger partial charge is 3.00 e. The molecule has 0 amide bonds. The molecule has 0 radical (unpaired) electrons. The number of aromatic nitrogens is 3. The first kappa shape index (κ1) is 31.5. The van der Waals surface area contributed by atoms with Gasteiger partial charge in [0.1, 0.15) is 0 Å². The van der Waals surface area contributed by atoms with Crippen LogP contribution < -0.4 is 5.19 Å². The summed E-state index contributed by atoms with van der Waals surface area (Å²) in [6.45, 7) is 7.03. The van der Waals surface area contributed by atoms with Crippen molar-refractivity contribution in [2.45, 2.75) is 19.6 Å². The first-order valence-corrected chi connectivity index (χ1v) is 16.7. The Morgan fingerprint density at radius 1 is 0.463 bits per heavy atom. The molecule has 0 aliphatic rings. The maximum absolute atomic E-state index is 4.52. The molecule has 0 aliphatic heterocycles. The van der Waals surface area contributed by atoms with Crippen LogP contribution in [0.1, 0.15) is 0 Å². The third-order valence-electron chi connectivity index (χ3n) is 5.88. The van der Waals surface area contributed by atoms with Gasteiger partial charge in [0.2, 0.25) is 0 Å². The van der Waals surface area contributed by atoms with Crippen LogP contribution in [0.2, 0.25) is 19.6 Å². The number of hydrogen-bond acceptors (Lipinski definition) is 3. The van der Waals surface area contributed by atoms with E-state index in [-0.39, 0.29) is 20.1 Å². The molecule has 0 saturated carbocycles. The minimum Gasteiger partial charge on any atom is -0.305 e. The van der Waals surface area contributed by atoms with E-state index in [1.54, 1.807) is 12.4 Å². The van der Waals surface area contributed by atoms with Gasteiger partial charge in [-0.2, -0.15) is 0 Å². The molecule has 3 aromatic heterocycles. The zero-order valence-electron chi connectivity index (χ0n) is 23.5. The molecule has 0 saturated heterocycles. The van der Waals surface area contributed by atoms with Gasteiger partial charge in [-0.25, -0.2) is 0 Å². The first-order valence-electron chi connectivity index (χ1n) is 13.2. The summed E-state index contributed by atoms with van der Waals surface area (Å²) in [7, 11) is -1.34. The summed E-state index contributed by atoms with van der Waals surface area (Å²) in [5, 5.41) is 1.40. The van der Waals surface area contributed by atoms with E-state index in [0.717, 1.165) is 33.8 Å². The maximum Gasteiger partial charge on any atom is 3.00 e. The number of rotatable bonds is 4. The number of nitrogens with zero attached hydrogens (tertiary/aromatic N) is 3. The molecule has 5 heteroatoms. The summed E-state index contributed by atoms with van der Waals surface area (Å²) in [4.78, 5) is 13.0. The molecule has 6 aromatic rings. The minimum atomic E-state index is -1.34. The molecule has 0 N–H and O–H groups in total. The molecule has 0 spiro atoms. The van der Waals surface area contributed by atoms with E-state index >= 15 is 0 Å². The van der Waals surface area contributed by atoms with Crippen molar-refractivity contribution >= 4 is 13.3 Å². The van der Waals surface area contributed by atoms with Gasteiger partial charge in [-0.3, -0.25) is 0 Å². The summed E-state index contributed by atoms with van der Waals surface area (Å²) in [6.07, 6.45) is 5.44. The SMILES string of the molecule is C[Si](C)(C)c1cccnc1-c1[c-]cccc1.[Ir+3].[c-]1ccccc1-c1ccccn1.[c-]1ccccc1-c1ccccn1. The summed E-state index contributed by atoms with van der Waals surface area (Å²) in [5.74, 6) is 0. The molecule has 0 bridgehead atoms. The van der Waals surface area contributed by atoms with Gasteiger partial charge in [-0.15, -0.1) is 108 Å². The summed E-state index contributed by atoms with van der Waals surface area (Å²) in [5.41, 5.74) is 6.22. The quantitative estimate of drug-likeness (QED) is 0.136. The Kier molecular flexibility index (Phi) is 12.5. The van der Waals surface area contributed by atoms with Gasteiger partial charge in [-0.1, -0.05) is 55.2 Å². The van der Waals surface area contributed by atoms with Gasteiger partial charge in [0.15, 0.2) is 0 Å². The van der Waals surface area contributed by atoms with Gasteiger partial charge in [0.25, 0.3) is 0 Å². The third-order valence-corrected chi connectivity index (χ3v) is 7.90. The van der Waals surface area contributed by atoms with E-state index in [0.29, 0.717) is 0 Å². The fourth-order valence-corrected chi connectivity index (χ4v) is 5.42. The van der Waals surface area contributed by atoms with Crippen LogP contribution in [0.5, 0.6) is 0 Å². The molecule has 0 fully saturated rings. The molecule has 0 aliphatic carbocycles. The minimum absolute atomic E-state index is 0. The zero-order chi connectivity index (χ0) is 28.0. The van der Waals surface area contributed by atoms with E-state index in [4.69, 9.17) is 0 Å². The molecule has 3 nitrogen and oxygen atoms in total. The van der Waals surface area contributed by atoms with E-state index in [1.165, 1.54) is 5.19 Å². The van der Waals surface area contributed by atoms with Crippen molar-refractivity contribution in [1.29, 1.82) is 0 Å². The Labute approximate surface area is 258 Å². The van der Waals surface area contributed by atoms with Crippen LogP contribution in [0.3, 0.4) is 0 Å². The van der Waals surface area contributed by atoms with Gasteiger partial charge < -0.3 is 15.0 Å². The predicted octanol–water partition coefficient (Wildman–Crippen LogP) is 8.19. The van der Waals surface area contributed by atoms with E-state index < -0.39 is 8.07 Å². The Balaban J connectivity index is 0.000000169. The standard InChI is InChI=1S/C14H16NSi.2C11H8N.Ir/c1-16(2,3)13-10-7-11-15-14(13)12-8-5-4-6-9-12;2*1-2-6-10(7-3-1)11-8-4-5-9-12-11;/h4-8,10-11H,1-3H3;2*1-6,8-9H;/q3*-1;+3. The van der Waals surface area contributed by atoms with Crippen molar-refractivity contribution in [3.8, 4) is 33.8 Å². The molecule has 0 unspecified atom stereocenters. The molecule has 41 heavy (non-hydrogen) atoms. The van der Waals surface area contributed by atoms with Crippen LogP contribution >= 0.6 is 0 Å². The van der Waals surface area contributed by atoms with Crippen molar-refractivity contribution in [1.82, 2.24) is 15.0 Å². The maximum atomic E-state index is 4.52. The van der Waals surface area contributed by atoms with Gasteiger partial charge in [-0.05, 0) is 35.3 Å². The zero-order valence-corrected chi connectivity index (χ0v) is 26.8. The van der Waals surface area contributed by atoms with Crippen LogP contribution in [0.4, 0.5) is 0 Å². The monoisotopic (exact) mass is 727 g/mol. The molecular formula is C36H32IrN3Si. The summed E-state index contributed by atoms with van der Waals surface area (Å²) < 4.78 is 0. The average molecular weight is 727 g/mol. The van der Waals surface area contributed by atoms with Gasteiger partial charge in [0.05, 0.1) is 8.07 Å². The van der Waals surface area contributed by atoms with Crippen LogP contribution in [-0.4, -0.2) is 23.0 Å². The Bertz CT molecular complexity index is 1390. The van der Waals surface area contributed by atoms with E-state index in [1.807, 2.05) is 115 Å². The van der Waals surface area contributed by atoms with Crippen molar-refractivity contribution in [3.05, 3.63) is 158 Å². The van der Waals surface area contributed by atoms with Crippen LogP contribution in [0.15, 0.2) is 140 Å². The summed E-state index contributed by atoms with van der Waals surface area (Å²) >= 11 is 0. The molecular weight excluding hydrogens is 695 g/mol. The molecule has 3 heterocycles. The first-order chi connectivity index (χ1) is 19.5. The second kappa shape index (κ2) is 16.3. The van der Waals surface area contributed by atoms with Gasteiger partial charge >= 0.3 is 20.1 Å². The van der Waals surface area contributed by atoms with Crippen LogP contribution in [-0.2, 0) is 20.1 Å². The summed E-state index contributed by atoms with van der Waals surface area (Å²) in [6, 6.07) is 49.2. The molecule has 6 rings (SSSR count). The van der Waals surface area contributed by atoms with E-state index in [9.17, 15) is 0 Å². The van der Waals surface area contributed by atoms with Crippen molar-refractivity contribution < 1.29 is 20.1 Å². The second-order valence-electron chi connectivity index (χ2n) is 9.91. The number of pyridine rings is 3. The topological polar surface area (TPSA) is 38.7 Å². The fourth-order valence-electron chi connectivity index (χ4n) is 3.92. The Hall–Kier alpha value is -4.02. The Morgan fingerprint density at radius 2 is 0.902 bits per heavy atom. The normalized spacial score (nSPS) is 10.1. The van der Waals surface area contributed by atoms with E-state index in [2.05, 4.69) is 64.9 Å². The van der Waals surface area contributed by atoms with Gasteiger partial charge in [0, 0.05) is 18.6 Å². The molecule has 3 aromatic carbocycles. The van der Waals surface area contributed by atoms with Crippen molar-refractivity contribution in [2.24, 2.45) is 0 Å².